The maximum Gasteiger partial charge on any atom is 0.405 e. The van der Waals surface area contributed by atoms with E-state index < -0.39 is 18.6 Å². The maximum atomic E-state index is 12.0. The Kier molecular flexibility index (Phi) is 3.51. The van der Waals surface area contributed by atoms with Crippen LogP contribution in [0.15, 0.2) is 12.4 Å². The molecule has 0 aromatic carbocycles. The van der Waals surface area contributed by atoms with Crippen molar-refractivity contribution in [3.63, 3.8) is 0 Å². The molecule has 0 aliphatic carbocycles. The van der Waals surface area contributed by atoms with Gasteiger partial charge in [-0.2, -0.15) is 13.2 Å². The Morgan fingerprint density at radius 2 is 2.22 bits per heavy atom. The van der Waals surface area contributed by atoms with Gasteiger partial charge in [0, 0.05) is 18.9 Å². The van der Waals surface area contributed by atoms with Crippen molar-refractivity contribution >= 4 is 5.91 Å². The summed E-state index contributed by atoms with van der Waals surface area (Å²) < 4.78 is 36.1. The monoisotopic (exact) mass is 259 g/mol. The fourth-order valence-corrected chi connectivity index (χ4v) is 1.89. The summed E-state index contributed by atoms with van der Waals surface area (Å²) in [6.45, 7) is -0.0347. The van der Waals surface area contributed by atoms with E-state index in [4.69, 9.17) is 0 Å². The highest BCUT2D eigenvalue weighted by atomic mass is 19.4. The van der Waals surface area contributed by atoms with Crippen LogP contribution in [0, 0.1) is 0 Å². The van der Waals surface area contributed by atoms with Gasteiger partial charge < -0.3 is 10.6 Å². The zero-order chi connectivity index (χ0) is 13.2. The Morgan fingerprint density at radius 1 is 1.44 bits per heavy atom. The number of carbonyl (C=O) groups is 1. The van der Waals surface area contributed by atoms with Crippen LogP contribution in [-0.4, -0.2) is 30.2 Å². The normalized spacial score (nSPS) is 15.1. The minimum atomic E-state index is -4.40. The first-order valence-corrected chi connectivity index (χ1v) is 5.49. The molecule has 2 N–H and O–H groups in total. The molecule has 0 radical (unpaired) electrons. The zero-order valence-corrected chi connectivity index (χ0v) is 9.47. The fourth-order valence-electron chi connectivity index (χ4n) is 1.89. The molecule has 4 nitrogen and oxygen atoms in total. The van der Waals surface area contributed by atoms with Gasteiger partial charge in [-0.3, -0.25) is 9.78 Å². The molecule has 1 aromatic rings. The lowest BCUT2D eigenvalue weighted by Crippen LogP contribution is -2.35. The number of carbonyl (C=O) groups excluding carboxylic acids is 1. The van der Waals surface area contributed by atoms with Gasteiger partial charge in [0.15, 0.2) is 0 Å². The van der Waals surface area contributed by atoms with Crippen LogP contribution in [0.1, 0.15) is 21.5 Å². The van der Waals surface area contributed by atoms with Crippen molar-refractivity contribution in [2.24, 2.45) is 0 Å². The van der Waals surface area contributed by atoms with Gasteiger partial charge in [0.2, 0.25) is 0 Å². The summed E-state index contributed by atoms with van der Waals surface area (Å²) in [5, 5.41) is 4.98. The number of rotatable bonds is 2. The molecule has 2 heterocycles. The quantitative estimate of drug-likeness (QED) is 0.833. The van der Waals surface area contributed by atoms with Gasteiger partial charge in [0.05, 0.1) is 5.56 Å². The Morgan fingerprint density at radius 3 is 2.94 bits per heavy atom. The highest BCUT2D eigenvalue weighted by Crippen LogP contribution is 2.18. The summed E-state index contributed by atoms with van der Waals surface area (Å²) in [6.07, 6.45) is -0.843. The number of alkyl halides is 3. The maximum absolute atomic E-state index is 12.0. The van der Waals surface area contributed by atoms with Crippen LogP contribution >= 0.6 is 0 Å². The molecule has 7 heteroatoms. The third-order valence-electron chi connectivity index (χ3n) is 2.71. The Balaban J connectivity index is 2.15. The minimum Gasteiger partial charge on any atom is -0.343 e. The molecule has 0 fully saturated rings. The lowest BCUT2D eigenvalue weighted by molar-refractivity contribution is -0.123. The molecule has 1 amide bonds. The molecule has 18 heavy (non-hydrogen) atoms. The largest absolute Gasteiger partial charge is 0.405 e. The van der Waals surface area contributed by atoms with Crippen LogP contribution in [0.4, 0.5) is 13.2 Å². The van der Waals surface area contributed by atoms with Gasteiger partial charge in [-0.25, -0.2) is 0 Å². The molecule has 0 spiro atoms. The highest BCUT2D eigenvalue weighted by molar-refractivity contribution is 5.95. The number of hydrogen-bond donors (Lipinski definition) is 2. The topological polar surface area (TPSA) is 54.0 Å². The van der Waals surface area contributed by atoms with E-state index in [-0.39, 0.29) is 5.56 Å². The van der Waals surface area contributed by atoms with E-state index in [1.807, 2.05) is 5.32 Å². The number of hydrogen-bond acceptors (Lipinski definition) is 3. The first kappa shape index (κ1) is 12.8. The standard InChI is InChI=1S/C11H12F3N3O/c12-11(13,14)6-17-10(18)9-5-16-4-7-3-15-2-1-8(7)9/h4-5,15H,1-3,6H2,(H,17,18). The van der Waals surface area contributed by atoms with Gasteiger partial charge in [0.1, 0.15) is 6.54 Å². The van der Waals surface area contributed by atoms with Crippen molar-refractivity contribution in [2.45, 2.75) is 19.1 Å². The number of pyridine rings is 1. The third kappa shape index (κ3) is 2.98. The minimum absolute atomic E-state index is 0.234. The number of amides is 1. The van der Waals surface area contributed by atoms with Crippen molar-refractivity contribution in [1.82, 2.24) is 15.6 Å². The average Bonchev–Trinajstić information content (AvgIpc) is 2.34. The molecular weight excluding hydrogens is 247 g/mol. The molecule has 0 saturated carbocycles. The second-order valence-electron chi connectivity index (χ2n) is 4.05. The summed E-state index contributed by atoms with van der Waals surface area (Å²) in [5.74, 6) is -0.724. The van der Waals surface area contributed by atoms with E-state index >= 15 is 0 Å². The van der Waals surface area contributed by atoms with Crippen molar-refractivity contribution in [2.75, 3.05) is 13.1 Å². The smallest absolute Gasteiger partial charge is 0.343 e. The fraction of sp³-hybridized carbons (Fsp3) is 0.455. The summed E-state index contributed by atoms with van der Waals surface area (Å²) in [7, 11) is 0. The molecule has 0 atom stereocenters. The van der Waals surface area contributed by atoms with E-state index in [2.05, 4.69) is 10.3 Å². The number of nitrogens with zero attached hydrogens (tertiary/aromatic N) is 1. The van der Waals surface area contributed by atoms with E-state index in [1.165, 1.54) is 6.20 Å². The molecule has 0 unspecified atom stereocenters. The van der Waals surface area contributed by atoms with E-state index in [9.17, 15) is 18.0 Å². The highest BCUT2D eigenvalue weighted by Gasteiger charge is 2.28. The summed E-state index contributed by atoms with van der Waals surface area (Å²) in [6, 6.07) is 0. The number of halogens is 3. The molecule has 1 aromatic heterocycles. The number of aromatic nitrogens is 1. The molecule has 1 aliphatic heterocycles. The van der Waals surface area contributed by atoms with Crippen LogP contribution in [0.5, 0.6) is 0 Å². The first-order valence-electron chi connectivity index (χ1n) is 5.49. The van der Waals surface area contributed by atoms with Crippen LogP contribution in [0.25, 0.3) is 0 Å². The third-order valence-corrected chi connectivity index (χ3v) is 2.71. The van der Waals surface area contributed by atoms with Crippen LogP contribution < -0.4 is 10.6 Å². The predicted molar refractivity (Wildman–Crippen MR) is 58.0 cm³/mol. The van der Waals surface area contributed by atoms with Gasteiger partial charge in [-0.1, -0.05) is 0 Å². The van der Waals surface area contributed by atoms with Gasteiger partial charge in [-0.05, 0) is 24.1 Å². The molecular formula is C11H12F3N3O. The van der Waals surface area contributed by atoms with Gasteiger partial charge in [-0.15, -0.1) is 0 Å². The van der Waals surface area contributed by atoms with Crippen molar-refractivity contribution in [3.05, 3.63) is 29.1 Å². The summed E-state index contributed by atoms with van der Waals surface area (Å²) in [4.78, 5) is 15.6. The molecule has 2 rings (SSSR count). The van der Waals surface area contributed by atoms with Gasteiger partial charge >= 0.3 is 6.18 Å². The average molecular weight is 259 g/mol. The van der Waals surface area contributed by atoms with E-state index in [1.54, 1.807) is 6.20 Å². The molecule has 0 saturated heterocycles. The Bertz CT molecular complexity index is 459. The van der Waals surface area contributed by atoms with Crippen LogP contribution in [0.3, 0.4) is 0 Å². The predicted octanol–water partition coefficient (Wildman–Crippen LogP) is 1.02. The molecule has 0 bridgehead atoms. The van der Waals surface area contributed by atoms with Crippen LogP contribution in [0.2, 0.25) is 0 Å². The number of fused-ring (bicyclic) bond motifs is 1. The molecule has 98 valence electrons. The summed E-state index contributed by atoms with van der Waals surface area (Å²) in [5.41, 5.74) is 1.88. The van der Waals surface area contributed by atoms with Crippen molar-refractivity contribution in [3.8, 4) is 0 Å². The lowest BCUT2D eigenvalue weighted by atomic mass is 9.98. The lowest BCUT2D eigenvalue weighted by Gasteiger charge is -2.19. The summed E-state index contributed by atoms with van der Waals surface area (Å²) >= 11 is 0. The van der Waals surface area contributed by atoms with E-state index in [0.717, 1.165) is 11.1 Å². The Labute approximate surface area is 102 Å². The Hall–Kier alpha value is -1.63. The second-order valence-corrected chi connectivity index (χ2v) is 4.05. The first-order chi connectivity index (χ1) is 8.47. The SMILES string of the molecule is O=C(NCC(F)(F)F)c1cncc2c1CCNC2. The van der Waals surface area contributed by atoms with Crippen molar-refractivity contribution in [1.29, 1.82) is 0 Å². The van der Waals surface area contributed by atoms with Crippen LogP contribution in [-0.2, 0) is 13.0 Å². The van der Waals surface area contributed by atoms with Gasteiger partial charge in [0.25, 0.3) is 5.91 Å². The number of nitrogens with one attached hydrogen (secondary N) is 2. The van der Waals surface area contributed by atoms with E-state index in [0.29, 0.717) is 19.5 Å². The zero-order valence-electron chi connectivity index (χ0n) is 9.47. The molecule has 1 aliphatic rings. The van der Waals surface area contributed by atoms with Crippen molar-refractivity contribution < 1.29 is 18.0 Å². The second kappa shape index (κ2) is 4.93.